The number of aromatic nitrogens is 5. The molecule has 144 valence electrons. The molecular weight excluding hydrogens is 374 g/mol. The summed E-state index contributed by atoms with van der Waals surface area (Å²) in [7, 11) is 2.25. The fraction of sp³-hybridized carbons (Fsp3) is 0.400. The predicted octanol–water partition coefficient (Wildman–Crippen LogP) is 3.62. The third kappa shape index (κ3) is 3.25. The Morgan fingerprint density at radius 1 is 1.07 bits per heavy atom. The van der Waals surface area contributed by atoms with Gasteiger partial charge in [-0.3, -0.25) is 5.10 Å². The van der Waals surface area contributed by atoms with Gasteiger partial charge in [0.2, 0.25) is 0 Å². The van der Waals surface area contributed by atoms with E-state index in [4.69, 9.17) is 11.6 Å². The average Bonchev–Trinajstić information content (AvgIpc) is 3.29. The summed E-state index contributed by atoms with van der Waals surface area (Å²) in [5.74, 6) is 0.818. The van der Waals surface area contributed by atoms with Crippen molar-refractivity contribution in [1.29, 1.82) is 0 Å². The summed E-state index contributed by atoms with van der Waals surface area (Å²) in [5, 5.41) is 19.4. The van der Waals surface area contributed by atoms with Crippen LogP contribution in [0.2, 0.25) is 5.15 Å². The zero-order valence-corrected chi connectivity index (χ0v) is 16.4. The van der Waals surface area contributed by atoms with Crippen LogP contribution in [0, 0.1) is 0 Å². The molecule has 0 aliphatic carbocycles. The maximum atomic E-state index is 6.36. The highest BCUT2D eigenvalue weighted by Crippen LogP contribution is 2.35. The van der Waals surface area contributed by atoms with Crippen molar-refractivity contribution in [1.82, 2.24) is 30.3 Å². The van der Waals surface area contributed by atoms with Crippen molar-refractivity contribution in [3.05, 3.63) is 41.8 Å². The molecule has 3 aromatic rings. The van der Waals surface area contributed by atoms with Crippen LogP contribution in [0.15, 0.2) is 36.7 Å². The van der Waals surface area contributed by atoms with E-state index in [0.717, 1.165) is 16.9 Å². The standard InChI is InChI=1S/C20H22ClN7/c1-28-14-2-3-15(28)9-13(8-14)24-19-7-6-18(26-27-19)17-5-4-16(20(21)25-17)12-10-22-23-11-12/h4-7,10-11,13-15H,2-3,8-9H2,1H3,(H,22,23)(H,24,27). The number of aromatic amines is 1. The Morgan fingerprint density at radius 2 is 1.86 bits per heavy atom. The molecule has 5 rings (SSSR count). The van der Waals surface area contributed by atoms with E-state index in [1.54, 1.807) is 12.4 Å². The molecule has 2 saturated heterocycles. The van der Waals surface area contributed by atoms with Crippen LogP contribution in [-0.2, 0) is 0 Å². The molecule has 7 nitrogen and oxygen atoms in total. The topological polar surface area (TPSA) is 82.6 Å². The molecule has 0 amide bonds. The van der Waals surface area contributed by atoms with Crippen molar-refractivity contribution in [3.8, 4) is 22.5 Å². The molecule has 5 heterocycles. The number of anilines is 1. The van der Waals surface area contributed by atoms with Crippen LogP contribution in [0.25, 0.3) is 22.5 Å². The molecule has 2 atom stereocenters. The van der Waals surface area contributed by atoms with Crippen LogP contribution >= 0.6 is 11.6 Å². The van der Waals surface area contributed by atoms with Crippen LogP contribution in [0.3, 0.4) is 0 Å². The number of nitrogens with zero attached hydrogens (tertiary/aromatic N) is 5. The molecule has 3 aromatic heterocycles. The van der Waals surface area contributed by atoms with Gasteiger partial charge in [0.25, 0.3) is 0 Å². The van der Waals surface area contributed by atoms with Gasteiger partial charge < -0.3 is 10.2 Å². The van der Waals surface area contributed by atoms with Crippen LogP contribution in [0.4, 0.5) is 5.82 Å². The highest BCUT2D eigenvalue weighted by Gasteiger charge is 2.38. The second-order valence-corrected chi connectivity index (χ2v) is 8.05. The number of halogens is 1. The highest BCUT2D eigenvalue weighted by molar-refractivity contribution is 6.32. The second-order valence-electron chi connectivity index (χ2n) is 7.69. The van der Waals surface area contributed by atoms with Crippen molar-refractivity contribution in [2.24, 2.45) is 0 Å². The molecule has 2 fully saturated rings. The first-order valence-corrected chi connectivity index (χ1v) is 10.0. The second kappa shape index (κ2) is 7.14. The maximum Gasteiger partial charge on any atom is 0.148 e. The van der Waals surface area contributed by atoms with E-state index in [2.05, 4.69) is 42.6 Å². The molecule has 8 heteroatoms. The van der Waals surface area contributed by atoms with Crippen molar-refractivity contribution < 1.29 is 0 Å². The quantitative estimate of drug-likeness (QED) is 0.656. The Hall–Kier alpha value is -2.51. The molecule has 2 unspecified atom stereocenters. The number of H-pyrrole nitrogens is 1. The Kier molecular flexibility index (Phi) is 4.49. The number of hydrogen-bond donors (Lipinski definition) is 2. The van der Waals surface area contributed by atoms with Gasteiger partial charge in [0, 0.05) is 35.4 Å². The third-order valence-electron chi connectivity index (χ3n) is 6.04. The lowest BCUT2D eigenvalue weighted by atomic mass is 9.98. The SMILES string of the molecule is CN1C2CCC1CC(Nc1ccc(-c3ccc(-c4cn[nH]c4)c(Cl)n3)nn1)C2. The lowest BCUT2D eigenvalue weighted by Gasteiger charge is -2.36. The lowest BCUT2D eigenvalue weighted by molar-refractivity contribution is 0.168. The predicted molar refractivity (Wildman–Crippen MR) is 109 cm³/mol. The molecule has 0 saturated carbocycles. The minimum absolute atomic E-state index is 0.421. The van der Waals surface area contributed by atoms with Crippen molar-refractivity contribution >= 4 is 17.4 Å². The minimum Gasteiger partial charge on any atom is -0.366 e. The van der Waals surface area contributed by atoms with Crippen molar-refractivity contribution in [2.75, 3.05) is 12.4 Å². The molecule has 0 aromatic carbocycles. The smallest absolute Gasteiger partial charge is 0.148 e. The van der Waals surface area contributed by atoms with Crippen LogP contribution in [0.1, 0.15) is 25.7 Å². The van der Waals surface area contributed by atoms with Crippen molar-refractivity contribution in [3.63, 3.8) is 0 Å². The number of fused-ring (bicyclic) bond motifs is 2. The maximum absolute atomic E-state index is 6.36. The Labute approximate surface area is 168 Å². The van der Waals surface area contributed by atoms with E-state index in [1.807, 2.05) is 24.3 Å². The summed E-state index contributed by atoms with van der Waals surface area (Å²) in [4.78, 5) is 7.01. The van der Waals surface area contributed by atoms with Crippen LogP contribution in [-0.4, -0.2) is 55.5 Å². The minimum atomic E-state index is 0.421. The summed E-state index contributed by atoms with van der Waals surface area (Å²) in [6.07, 6.45) is 8.47. The largest absolute Gasteiger partial charge is 0.366 e. The molecular formula is C20H22ClN7. The first-order chi connectivity index (χ1) is 13.7. The van der Waals surface area contributed by atoms with Gasteiger partial charge in [-0.25, -0.2) is 4.98 Å². The number of piperidine rings is 1. The van der Waals surface area contributed by atoms with Gasteiger partial charge in [0.15, 0.2) is 0 Å². The summed E-state index contributed by atoms with van der Waals surface area (Å²) < 4.78 is 0. The Bertz CT molecular complexity index is 943. The van der Waals surface area contributed by atoms with Crippen LogP contribution in [0.5, 0.6) is 0 Å². The van der Waals surface area contributed by atoms with E-state index in [1.165, 1.54) is 25.7 Å². The summed E-state index contributed by atoms with van der Waals surface area (Å²) in [6.45, 7) is 0. The first kappa shape index (κ1) is 17.6. The number of pyridine rings is 1. The molecule has 0 spiro atoms. The third-order valence-corrected chi connectivity index (χ3v) is 6.32. The molecule has 2 aliphatic heterocycles. The zero-order valence-electron chi connectivity index (χ0n) is 15.6. The van der Waals surface area contributed by atoms with E-state index in [-0.39, 0.29) is 0 Å². The van der Waals surface area contributed by atoms with Gasteiger partial charge in [-0.1, -0.05) is 11.6 Å². The van der Waals surface area contributed by atoms with Gasteiger partial charge >= 0.3 is 0 Å². The Morgan fingerprint density at radius 3 is 2.50 bits per heavy atom. The van der Waals surface area contributed by atoms with Gasteiger partial charge in [-0.2, -0.15) is 5.10 Å². The van der Waals surface area contributed by atoms with Crippen LogP contribution < -0.4 is 5.32 Å². The molecule has 0 radical (unpaired) electrons. The van der Waals surface area contributed by atoms with E-state index >= 15 is 0 Å². The monoisotopic (exact) mass is 395 g/mol. The fourth-order valence-corrected chi connectivity index (χ4v) is 4.74. The summed E-state index contributed by atoms with van der Waals surface area (Å²) in [6, 6.07) is 9.61. The molecule has 28 heavy (non-hydrogen) atoms. The lowest BCUT2D eigenvalue weighted by Crippen LogP contribution is -2.44. The molecule has 2 aliphatic rings. The van der Waals surface area contributed by atoms with Gasteiger partial charge in [-0.15, -0.1) is 10.2 Å². The van der Waals surface area contributed by atoms with Gasteiger partial charge in [0.1, 0.15) is 16.7 Å². The Balaban J connectivity index is 1.30. The van der Waals surface area contributed by atoms with E-state index < -0.39 is 0 Å². The zero-order chi connectivity index (χ0) is 19.1. The van der Waals surface area contributed by atoms with E-state index in [9.17, 15) is 0 Å². The average molecular weight is 396 g/mol. The molecule has 2 bridgehead atoms. The normalized spacial score (nSPS) is 24.4. The van der Waals surface area contributed by atoms with Gasteiger partial charge in [0.05, 0.1) is 11.9 Å². The fourth-order valence-electron chi connectivity index (χ4n) is 4.47. The molecule has 2 N–H and O–H groups in total. The number of rotatable bonds is 4. The van der Waals surface area contributed by atoms with Crippen molar-refractivity contribution in [2.45, 2.75) is 43.8 Å². The summed E-state index contributed by atoms with van der Waals surface area (Å²) >= 11 is 6.36. The number of hydrogen-bond acceptors (Lipinski definition) is 6. The van der Waals surface area contributed by atoms with E-state index in [0.29, 0.717) is 34.7 Å². The first-order valence-electron chi connectivity index (χ1n) is 9.65. The van der Waals surface area contributed by atoms with Gasteiger partial charge in [-0.05, 0) is 57.0 Å². The number of nitrogens with one attached hydrogen (secondary N) is 2. The summed E-state index contributed by atoms with van der Waals surface area (Å²) in [5.41, 5.74) is 3.15. The highest BCUT2D eigenvalue weighted by atomic mass is 35.5.